The highest BCUT2D eigenvalue weighted by Gasteiger charge is 2.38. The van der Waals surface area contributed by atoms with Crippen LogP contribution in [0.5, 0.6) is 0 Å². The second-order valence-corrected chi connectivity index (χ2v) is 9.37. The van der Waals surface area contributed by atoms with Gasteiger partial charge in [0.05, 0.1) is 0 Å². The van der Waals surface area contributed by atoms with Gasteiger partial charge in [-0.1, -0.05) is 30.3 Å². The first-order chi connectivity index (χ1) is 18.1. The van der Waals surface area contributed by atoms with Crippen LogP contribution in [0.2, 0.25) is 0 Å². The molecule has 0 saturated heterocycles. The Kier molecular flexibility index (Phi) is 8.33. The van der Waals surface area contributed by atoms with Crippen LogP contribution in [0.3, 0.4) is 0 Å². The summed E-state index contributed by atoms with van der Waals surface area (Å²) in [6.45, 7) is 3.51. The monoisotopic (exact) mass is 534 g/mol. The Morgan fingerprint density at radius 1 is 0.868 bits per heavy atom. The average Bonchev–Trinajstić information content (AvgIpc) is 2.90. The number of halogens is 7. The van der Waals surface area contributed by atoms with Gasteiger partial charge in [0.2, 0.25) is 0 Å². The van der Waals surface area contributed by atoms with Crippen molar-refractivity contribution >= 4 is 5.83 Å². The molecule has 3 aromatic rings. The molecule has 1 saturated carbocycles. The largest absolute Gasteiger partial charge is 0.422 e. The van der Waals surface area contributed by atoms with Crippen molar-refractivity contribution in [1.29, 1.82) is 0 Å². The molecule has 1 fully saturated rings. The summed E-state index contributed by atoms with van der Waals surface area (Å²) in [5, 5.41) is 0. The Labute approximate surface area is 216 Å². The van der Waals surface area contributed by atoms with Gasteiger partial charge in [0.1, 0.15) is 23.0 Å². The molecule has 38 heavy (non-hydrogen) atoms. The highest BCUT2D eigenvalue weighted by molar-refractivity contribution is 5.61. The zero-order valence-corrected chi connectivity index (χ0v) is 20.3. The molecule has 2 nitrogen and oxygen atoms in total. The summed E-state index contributed by atoms with van der Waals surface area (Å²) < 4.78 is 94.5. The lowest BCUT2D eigenvalue weighted by Crippen LogP contribution is -2.13. The minimum atomic E-state index is -5.14. The van der Waals surface area contributed by atoms with E-state index in [2.05, 4.69) is 16.5 Å². The summed E-state index contributed by atoms with van der Waals surface area (Å²) in [5.74, 6) is -4.74. The molecule has 0 unspecified atom stereocenters. The highest BCUT2D eigenvalue weighted by Crippen LogP contribution is 2.41. The van der Waals surface area contributed by atoms with Crippen molar-refractivity contribution in [2.75, 3.05) is 0 Å². The van der Waals surface area contributed by atoms with Crippen LogP contribution in [-0.2, 0) is 6.18 Å². The standard InChI is InChI=1S/C29H25F7N2/c1-2-3-4-23(30)27(33)20-11-9-18(10-12-20)17-5-7-19(8-6-17)22-15-37-28(38-16-22)21-13-24(31)26(25(32)14-21)29(34,35)36/h2,9-17,19H,1,3-8H2/b27-23+. The lowest BCUT2D eigenvalue weighted by Gasteiger charge is -2.29. The third-order valence-corrected chi connectivity index (χ3v) is 6.90. The van der Waals surface area contributed by atoms with Crippen molar-refractivity contribution in [2.45, 2.75) is 56.5 Å². The van der Waals surface area contributed by atoms with E-state index in [1.807, 2.05) is 12.1 Å². The lowest BCUT2D eigenvalue weighted by atomic mass is 9.76. The maximum absolute atomic E-state index is 14.3. The Morgan fingerprint density at radius 3 is 1.89 bits per heavy atom. The van der Waals surface area contributed by atoms with E-state index < -0.39 is 35.0 Å². The van der Waals surface area contributed by atoms with E-state index in [4.69, 9.17) is 0 Å². The van der Waals surface area contributed by atoms with Crippen LogP contribution in [-0.4, -0.2) is 9.97 Å². The van der Waals surface area contributed by atoms with Gasteiger partial charge in [-0.25, -0.2) is 27.5 Å². The van der Waals surface area contributed by atoms with E-state index >= 15 is 0 Å². The van der Waals surface area contributed by atoms with Crippen molar-refractivity contribution in [2.24, 2.45) is 0 Å². The molecule has 0 radical (unpaired) electrons. The van der Waals surface area contributed by atoms with Gasteiger partial charge in [-0.05, 0) is 67.2 Å². The van der Waals surface area contributed by atoms with Crippen LogP contribution < -0.4 is 0 Å². The molecular weight excluding hydrogens is 509 g/mol. The fourth-order valence-electron chi connectivity index (χ4n) is 4.83. The van der Waals surface area contributed by atoms with Gasteiger partial charge in [0.25, 0.3) is 0 Å². The highest BCUT2D eigenvalue weighted by atomic mass is 19.4. The molecule has 1 aliphatic rings. The Bertz CT molecular complexity index is 1280. The van der Waals surface area contributed by atoms with Crippen LogP contribution >= 0.6 is 0 Å². The molecule has 1 aromatic heterocycles. The van der Waals surface area contributed by atoms with Crippen LogP contribution in [0.1, 0.15) is 72.6 Å². The SMILES string of the molecule is C=CCC/C(F)=C(\F)c1ccc(C2CCC(c3cnc(-c4cc(F)c(C(F)(F)F)c(F)c4)nc3)CC2)cc1. The minimum absolute atomic E-state index is 0.0239. The maximum Gasteiger partial charge on any atom is 0.422 e. The summed E-state index contributed by atoms with van der Waals surface area (Å²) in [6.07, 6.45) is 3.15. The molecular formula is C29H25F7N2. The van der Waals surface area contributed by atoms with Crippen molar-refractivity contribution < 1.29 is 30.7 Å². The Balaban J connectivity index is 1.39. The first-order valence-corrected chi connectivity index (χ1v) is 12.2. The zero-order valence-electron chi connectivity index (χ0n) is 20.3. The molecule has 9 heteroatoms. The van der Waals surface area contributed by atoms with E-state index in [9.17, 15) is 30.7 Å². The van der Waals surface area contributed by atoms with Gasteiger partial charge >= 0.3 is 6.18 Å². The zero-order chi connectivity index (χ0) is 27.4. The summed E-state index contributed by atoms with van der Waals surface area (Å²) in [4.78, 5) is 8.27. The normalized spacial score (nSPS) is 18.7. The number of nitrogens with zero attached hydrogens (tertiary/aromatic N) is 2. The smallest absolute Gasteiger partial charge is 0.236 e. The molecule has 2 aromatic carbocycles. The molecule has 0 amide bonds. The fraction of sp³-hybridized carbons (Fsp3) is 0.310. The number of hydrogen-bond donors (Lipinski definition) is 0. The molecule has 0 aliphatic heterocycles. The van der Waals surface area contributed by atoms with E-state index in [0.717, 1.165) is 36.8 Å². The summed E-state index contributed by atoms with van der Waals surface area (Å²) >= 11 is 0. The molecule has 1 heterocycles. The number of rotatable bonds is 7. The predicted molar refractivity (Wildman–Crippen MR) is 131 cm³/mol. The summed E-state index contributed by atoms with van der Waals surface area (Å²) in [6, 6.07) is 7.97. The topological polar surface area (TPSA) is 25.8 Å². The van der Waals surface area contributed by atoms with Gasteiger partial charge in [-0.2, -0.15) is 13.2 Å². The summed E-state index contributed by atoms with van der Waals surface area (Å²) in [7, 11) is 0. The number of aromatic nitrogens is 2. The lowest BCUT2D eigenvalue weighted by molar-refractivity contribution is -0.142. The van der Waals surface area contributed by atoms with Crippen LogP contribution in [0.25, 0.3) is 17.2 Å². The number of alkyl halides is 3. The van der Waals surface area contributed by atoms with Gasteiger partial charge in [0, 0.05) is 29.9 Å². The van der Waals surface area contributed by atoms with Crippen LogP contribution in [0.4, 0.5) is 30.7 Å². The number of benzene rings is 2. The van der Waals surface area contributed by atoms with E-state index in [-0.39, 0.29) is 35.2 Å². The predicted octanol–water partition coefficient (Wildman–Crippen LogP) is 9.46. The Hall–Kier alpha value is -3.49. The van der Waals surface area contributed by atoms with Gasteiger partial charge < -0.3 is 0 Å². The quantitative estimate of drug-likeness (QED) is 0.223. The van der Waals surface area contributed by atoms with Gasteiger partial charge in [0.15, 0.2) is 11.7 Å². The number of allylic oxidation sites excluding steroid dienone is 2. The molecule has 0 bridgehead atoms. The second-order valence-electron chi connectivity index (χ2n) is 9.37. The van der Waals surface area contributed by atoms with Crippen molar-refractivity contribution in [3.8, 4) is 11.4 Å². The van der Waals surface area contributed by atoms with Crippen LogP contribution in [0, 0.1) is 11.6 Å². The van der Waals surface area contributed by atoms with Crippen molar-refractivity contribution in [3.63, 3.8) is 0 Å². The van der Waals surface area contributed by atoms with E-state index in [1.54, 1.807) is 12.1 Å². The van der Waals surface area contributed by atoms with Gasteiger partial charge in [-0.15, -0.1) is 6.58 Å². The molecule has 1 aliphatic carbocycles. The third-order valence-electron chi connectivity index (χ3n) is 6.90. The maximum atomic E-state index is 14.3. The van der Waals surface area contributed by atoms with E-state index in [1.165, 1.54) is 18.5 Å². The number of hydrogen-bond acceptors (Lipinski definition) is 2. The first-order valence-electron chi connectivity index (χ1n) is 12.2. The second kappa shape index (κ2) is 11.5. The van der Waals surface area contributed by atoms with Gasteiger partial charge in [-0.3, -0.25) is 0 Å². The van der Waals surface area contributed by atoms with E-state index in [0.29, 0.717) is 18.6 Å². The van der Waals surface area contributed by atoms with Crippen LogP contribution in [0.15, 0.2) is 67.3 Å². The van der Waals surface area contributed by atoms with Crippen molar-refractivity contribution in [1.82, 2.24) is 9.97 Å². The Morgan fingerprint density at radius 2 is 1.39 bits per heavy atom. The fourth-order valence-corrected chi connectivity index (χ4v) is 4.83. The summed E-state index contributed by atoms with van der Waals surface area (Å²) in [5.41, 5.74) is -0.0452. The minimum Gasteiger partial charge on any atom is -0.236 e. The third kappa shape index (κ3) is 6.14. The molecule has 4 rings (SSSR count). The molecule has 0 N–H and O–H groups in total. The van der Waals surface area contributed by atoms with Crippen molar-refractivity contribution in [3.05, 3.63) is 101 Å². The molecule has 0 atom stereocenters. The molecule has 200 valence electrons. The molecule has 0 spiro atoms. The average molecular weight is 535 g/mol. The first kappa shape index (κ1) is 27.5.